The predicted octanol–water partition coefficient (Wildman–Crippen LogP) is 2.15. The SMILES string of the molecule is CC.CC.CC(=O)OC(C)=O. The molecule has 0 fully saturated rings. The predicted molar refractivity (Wildman–Crippen MR) is 45.1 cm³/mol. The van der Waals surface area contributed by atoms with Gasteiger partial charge in [0, 0.05) is 13.8 Å². The molecule has 0 bridgehead atoms. The van der Waals surface area contributed by atoms with Gasteiger partial charge in [-0.15, -0.1) is 0 Å². The molecule has 0 radical (unpaired) electrons. The Morgan fingerprint density at radius 1 is 0.818 bits per heavy atom. The molecule has 11 heavy (non-hydrogen) atoms. The minimum absolute atomic E-state index is 0.562. The van der Waals surface area contributed by atoms with E-state index in [9.17, 15) is 9.59 Å². The van der Waals surface area contributed by atoms with Gasteiger partial charge >= 0.3 is 11.9 Å². The first-order chi connectivity index (χ1) is 5.13. The van der Waals surface area contributed by atoms with E-state index in [0.29, 0.717) is 0 Å². The molecule has 0 aromatic heterocycles. The minimum Gasteiger partial charge on any atom is -0.394 e. The van der Waals surface area contributed by atoms with Crippen LogP contribution in [0.15, 0.2) is 0 Å². The van der Waals surface area contributed by atoms with Gasteiger partial charge in [-0.2, -0.15) is 0 Å². The maximum absolute atomic E-state index is 9.81. The molecule has 0 saturated heterocycles. The lowest BCUT2D eigenvalue weighted by molar-refractivity contribution is -0.156. The van der Waals surface area contributed by atoms with Crippen LogP contribution in [-0.4, -0.2) is 11.9 Å². The molecule has 0 atom stereocenters. The topological polar surface area (TPSA) is 43.4 Å². The standard InChI is InChI=1S/C4H6O3.2C2H6/c1-3(5)7-4(2)6;2*1-2/h1-2H3;2*1-2H3. The Morgan fingerprint density at radius 2 is 1.00 bits per heavy atom. The largest absolute Gasteiger partial charge is 0.394 e. The Labute approximate surface area is 68.7 Å². The third-order valence-corrected chi connectivity index (χ3v) is 0.287. The zero-order chi connectivity index (χ0) is 9.86. The van der Waals surface area contributed by atoms with Gasteiger partial charge in [-0.1, -0.05) is 27.7 Å². The molecule has 3 heteroatoms. The van der Waals surface area contributed by atoms with Crippen LogP contribution in [0, 0.1) is 0 Å². The molecule has 3 nitrogen and oxygen atoms in total. The lowest BCUT2D eigenvalue weighted by atomic mass is 10.7. The molecule has 0 aromatic carbocycles. The molecule has 0 aliphatic heterocycles. The van der Waals surface area contributed by atoms with Crippen LogP contribution < -0.4 is 0 Å². The Kier molecular flexibility index (Phi) is 24.3. The second-order valence-electron chi connectivity index (χ2n) is 1.09. The van der Waals surface area contributed by atoms with E-state index in [4.69, 9.17) is 0 Å². The lowest BCUT2D eigenvalue weighted by Gasteiger charge is -1.87. The second-order valence-corrected chi connectivity index (χ2v) is 1.09. The number of carbonyl (C=O) groups is 2. The third kappa shape index (κ3) is 47.3. The molecule has 0 aliphatic carbocycles. The van der Waals surface area contributed by atoms with Crippen LogP contribution in [0.2, 0.25) is 0 Å². The highest BCUT2D eigenvalue weighted by molar-refractivity contribution is 5.82. The fourth-order valence-corrected chi connectivity index (χ4v) is 0.202. The Bertz CT molecular complexity index is 85.5. The summed E-state index contributed by atoms with van der Waals surface area (Å²) in [5.74, 6) is -1.12. The summed E-state index contributed by atoms with van der Waals surface area (Å²) < 4.78 is 3.97. The van der Waals surface area contributed by atoms with E-state index in [2.05, 4.69) is 4.74 Å². The van der Waals surface area contributed by atoms with Crippen molar-refractivity contribution < 1.29 is 14.3 Å². The summed E-state index contributed by atoms with van der Waals surface area (Å²) in [6, 6.07) is 0. The maximum atomic E-state index is 9.81. The summed E-state index contributed by atoms with van der Waals surface area (Å²) in [7, 11) is 0. The molecule has 0 spiro atoms. The highest BCUT2D eigenvalue weighted by Gasteiger charge is 1.93. The zero-order valence-corrected chi connectivity index (χ0v) is 8.22. The molecule has 0 heterocycles. The molecule has 0 N–H and O–H groups in total. The van der Waals surface area contributed by atoms with Crippen LogP contribution in [-0.2, 0) is 14.3 Å². The van der Waals surface area contributed by atoms with E-state index in [1.165, 1.54) is 13.8 Å². The number of carbonyl (C=O) groups excluding carboxylic acids is 2. The zero-order valence-electron chi connectivity index (χ0n) is 8.22. The summed E-state index contributed by atoms with van der Waals surface area (Å²) in [6.45, 7) is 10.4. The molecule has 0 aliphatic rings. The summed E-state index contributed by atoms with van der Waals surface area (Å²) in [5, 5.41) is 0. The molecule has 68 valence electrons. The van der Waals surface area contributed by atoms with Gasteiger partial charge in [0.25, 0.3) is 0 Å². The van der Waals surface area contributed by atoms with Crippen molar-refractivity contribution in [3.8, 4) is 0 Å². The first-order valence-corrected chi connectivity index (χ1v) is 3.82. The number of esters is 2. The van der Waals surface area contributed by atoms with Crippen LogP contribution in [0.1, 0.15) is 41.5 Å². The van der Waals surface area contributed by atoms with Crippen molar-refractivity contribution in [2.45, 2.75) is 41.5 Å². The van der Waals surface area contributed by atoms with Gasteiger partial charge in [-0.3, -0.25) is 9.59 Å². The second kappa shape index (κ2) is 16.1. The van der Waals surface area contributed by atoms with Gasteiger partial charge in [-0.05, 0) is 0 Å². The van der Waals surface area contributed by atoms with Gasteiger partial charge in [0.2, 0.25) is 0 Å². The molecule has 0 aromatic rings. The van der Waals surface area contributed by atoms with Crippen LogP contribution in [0.5, 0.6) is 0 Å². The van der Waals surface area contributed by atoms with Crippen LogP contribution in [0.3, 0.4) is 0 Å². The van der Waals surface area contributed by atoms with Gasteiger partial charge in [0.1, 0.15) is 0 Å². The lowest BCUT2D eigenvalue weighted by Crippen LogP contribution is -2.03. The van der Waals surface area contributed by atoms with E-state index in [1.54, 1.807) is 0 Å². The van der Waals surface area contributed by atoms with E-state index >= 15 is 0 Å². The summed E-state index contributed by atoms with van der Waals surface area (Å²) >= 11 is 0. The van der Waals surface area contributed by atoms with Crippen molar-refractivity contribution in [1.29, 1.82) is 0 Å². The molecule has 0 saturated carbocycles. The first kappa shape index (κ1) is 16.6. The fourth-order valence-electron chi connectivity index (χ4n) is 0.202. The molecular weight excluding hydrogens is 144 g/mol. The summed E-state index contributed by atoms with van der Waals surface area (Å²) in [6.07, 6.45) is 0. The quantitative estimate of drug-likeness (QED) is 0.405. The van der Waals surface area contributed by atoms with Crippen molar-refractivity contribution in [1.82, 2.24) is 0 Å². The Morgan fingerprint density at radius 3 is 1.00 bits per heavy atom. The highest BCUT2D eigenvalue weighted by Crippen LogP contribution is 1.73. The van der Waals surface area contributed by atoms with Crippen molar-refractivity contribution in [2.24, 2.45) is 0 Å². The Hall–Kier alpha value is -0.860. The number of hydrogen-bond acceptors (Lipinski definition) is 3. The Balaban J connectivity index is -0.000000138. The van der Waals surface area contributed by atoms with Crippen molar-refractivity contribution >= 4 is 11.9 Å². The average molecular weight is 162 g/mol. The monoisotopic (exact) mass is 162 g/mol. The van der Waals surface area contributed by atoms with Gasteiger partial charge in [-0.25, -0.2) is 0 Å². The highest BCUT2D eigenvalue weighted by atomic mass is 16.6. The number of hydrogen-bond donors (Lipinski definition) is 0. The van der Waals surface area contributed by atoms with E-state index < -0.39 is 11.9 Å². The number of rotatable bonds is 0. The van der Waals surface area contributed by atoms with Crippen molar-refractivity contribution in [2.75, 3.05) is 0 Å². The molecule has 0 rings (SSSR count). The molecular formula is C8H18O3. The fraction of sp³-hybridized carbons (Fsp3) is 0.750. The van der Waals surface area contributed by atoms with Crippen LogP contribution in [0.4, 0.5) is 0 Å². The van der Waals surface area contributed by atoms with E-state index in [1.807, 2.05) is 27.7 Å². The third-order valence-electron chi connectivity index (χ3n) is 0.287. The normalized spacial score (nSPS) is 6.00. The van der Waals surface area contributed by atoms with Gasteiger partial charge in [0.15, 0.2) is 0 Å². The van der Waals surface area contributed by atoms with E-state index in [-0.39, 0.29) is 0 Å². The van der Waals surface area contributed by atoms with Crippen LogP contribution >= 0.6 is 0 Å². The summed E-state index contributed by atoms with van der Waals surface area (Å²) in [4.78, 5) is 19.6. The first-order valence-electron chi connectivity index (χ1n) is 3.82. The van der Waals surface area contributed by atoms with Crippen LogP contribution in [0.25, 0.3) is 0 Å². The maximum Gasteiger partial charge on any atom is 0.310 e. The smallest absolute Gasteiger partial charge is 0.310 e. The van der Waals surface area contributed by atoms with Gasteiger partial charge in [0.05, 0.1) is 0 Å². The van der Waals surface area contributed by atoms with Crippen molar-refractivity contribution in [3.05, 3.63) is 0 Å². The summed E-state index contributed by atoms with van der Waals surface area (Å²) in [5.41, 5.74) is 0. The van der Waals surface area contributed by atoms with Gasteiger partial charge < -0.3 is 4.74 Å². The average Bonchev–Trinajstić information content (AvgIpc) is 1.93. The number of ether oxygens (including phenoxy) is 1. The molecule has 0 amide bonds. The van der Waals surface area contributed by atoms with E-state index in [0.717, 1.165) is 0 Å². The van der Waals surface area contributed by atoms with Crippen molar-refractivity contribution in [3.63, 3.8) is 0 Å². The minimum atomic E-state index is -0.562. The molecule has 0 unspecified atom stereocenters.